The number of benzene rings is 11. The van der Waals surface area contributed by atoms with E-state index in [1.165, 1.54) is 87.5 Å². The Morgan fingerprint density at radius 2 is 0.806 bits per heavy atom. The van der Waals surface area contributed by atoms with Crippen LogP contribution in [0.25, 0.3) is 93.2 Å². The largest absolute Gasteiger partial charge is 0.309 e. The molecule has 0 aliphatic heterocycles. The summed E-state index contributed by atoms with van der Waals surface area (Å²) in [5.41, 5.74) is 14.2. The van der Waals surface area contributed by atoms with Gasteiger partial charge in [-0.2, -0.15) is 0 Å². The Morgan fingerprint density at radius 3 is 1.50 bits per heavy atom. The van der Waals surface area contributed by atoms with Gasteiger partial charge in [-0.05, 0) is 92.0 Å². The van der Waals surface area contributed by atoms with Crippen molar-refractivity contribution in [3.8, 4) is 39.1 Å². The summed E-state index contributed by atoms with van der Waals surface area (Å²) >= 11 is 0. The lowest BCUT2D eigenvalue weighted by atomic mass is 9.94. The van der Waals surface area contributed by atoms with Gasteiger partial charge in [0.1, 0.15) is 0 Å². The van der Waals surface area contributed by atoms with Gasteiger partial charge in [0.2, 0.25) is 0 Å². The molecule has 2 nitrogen and oxygen atoms in total. The molecule has 0 radical (unpaired) electrons. The van der Waals surface area contributed by atoms with Crippen molar-refractivity contribution in [1.29, 1.82) is 0 Å². The zero-order chi connectivity index (χ0) is 41.0. The molecule has 0 aliphatic carbocycles. The monoisotopic (exact) mass is 788 g/mol. The van der Waals surface area contributed by atoms with E-state index < -0.39 is 0 Å². The first-order chi connectivity index (χ1) is 30.8. The number of para-hydroxylation sites is 1. The van der Waals surface area contributed by atoms with Crippen LogP contribution in [0.2, 0.25) is 0 Å². The van der Waals surface area contributed by atoms with Crippen molar-refractivity contribution >= 4 is 71.2 Å². The minimum absolute atomic E-state index is 1.09. The van der Waals surface area contributed by atoms with Crippen LogP contribution < -0.4 is 4.90 Å². The van der Waals surface area contributed by atoms with Crippen LogP contribution >= 0.6 is 0 Å². The maximum absolute atomic E-state index is 2.49. The number of anilines is 3. The van der Waals surface area contributed by atoms with Crippen molar-refractivity contribution in [3.63, 3.8) is 0 Å². The standard InChI is InChI=1S/C60H40N2/c1-4-17-41(18-5-1)42-31-34-46(35-32-42)61(55-38-36-47(43-19-6-2-7-20-43)49-24-10-11-25-50(49)55)56-39-40-57(52-27-13-12-26-51(52)56)62-54-30-15-14-28-53(54)60-58(62)37-33-45-23-16-29-48(59(45)60)44-21-8-3-9-22-44/h1-40H. The van der Waals surface area contributed by atoms with Gasteiger partial charge >= 0.3 is 0 Å². The molecule has 0 saturated carbocycles. The molecule has 0 amide bonds. The second kappa shape index (κ2) is 14.8. The van der Waals surface area contributed by atoms with Gasteiger partial charge in [-0.15, -0.1) is 0 Å². The van der Waals surface area contributed by atoms with Crippen LogP contribution in [0.3, 0.4) is 0 Å². The lowest BCUT2D eigenvalue weighted by Crippen LogP contribution is -2.12. The normalized spacial score (nSPS) is 11.5. The maximum Gasteiger partial charge on any atom is 0.0548 e. The first-order valence-corrected chi connectivity index (χ1v) is 21.4. The molecule has 0 fully saturated rings. The highest BCUT2D eigenvalue weighted by Gasteiger charge is 2.23. The Morgan fingerprint density at radius 1 is 0.274 bits per heavy atom. The summed E-state index contributed by atoms with van der Waals surface area (Å²) in [4.78, 5) is 2.46. The molecule has 2 heteroatoms. The van der Waals surface area contributed by atoms with E-state index in [1.54, 1.807) is 0 Å². The zero-order valence-corrected chi connectivity index (χ0v) is 34.0. The smallest absolute Gasteiger partial charge is 0.0548 e. The van der Waals surface area contributed by atoms with E-state index in [4.69, 9.17) is 0 Å². The summed E-state index contributed by atoms with van der Waals surface area (Å²) in [7, 11) is 0. The van der Waals surface area contributed by atoms with Crippen molar-refractivity contribution in [2.75, 3.05) is 4.90 Å². The fourth-order valence-electron chi connectivity index (χ4n) is 9.80. The number of nitrogens with zero attached hydrogens (tertiary/aromatic N) is 2. The van der Waals surface area contributed by atoms with Crippen LogP contribution in [0.4, 0.5) is 17.1 Å². The third-order valence-electron chi connectivity index (χ3n) is 12.6. The molecule has 0 saturated heterocycles. The molecule has 0 aliphatic rings. The molecule has 0 atom stereocenters. The molecular formula is C60H40N2. The molecule has 0 N–H and O–H groups in total. The van der Waals surface area contributed by atoms with Gasteiger partial charge < -0.3 is 9.47 Å². The van der Waals surface area contributed by atoms with Gasteiger partial charge in [0.15, 0.2) is 0 Å². The van der Waals surface area contributed by atoms with Crippen LogP contribution in [0, 0.1) is 0 Å². The first kappa shape index (κ1) is 35.7. The molecule has 12 aromatic rings. The summed E-state index contributed by atoms with van der Waals surface area (Å²) in [5.74, 6) is 0. The van der Waals surface area contributed by atoms with E-state index in [-0.39, 0.29) is 0 Å². The van der Waals surface area contributed by atoms with Gasteiger partial charge in [-0.1, -0.05) is 200 Å². The Bertz CT molecular complexity index is 3610. The highest BCUT2D eigenvalue weighted by molar-refractivity contribution is 6.25. The minimum Gasteiger partial charge on any atom is -0.309 e. The Kier molecular flexibility index (Phi) is 8.53. The van der Waals surface area contributed by atoms with E-state index >= 15 is 0 Å². The third-order valence-corrected chi connectivity index (χ3v) is 12.6. The molecule has 0 spiro atoms. The number of hydrogen-bond donors (Lipinski definition) is 0. The van der Waals surface area contributed by atoms with E-state index in [0.29, 0.717) is 0 Å². The highest BCUT2D eigenvalue weighted by Crippen LogP contribution is 2.47. The van der Waals surface area contributed by atoms with Crippen molar-refractivity contribution in [3.05, 3.63) is 243 Å². The summed E-state index contributed by atoms with van der Waals surface area (Å²) in [6.07, 6.45) is 0. The summed E-state index contributed by atoms with van der Waals surface area (Å²) < 4.78 is 2.49. The summed E-state index contributed by atoms with van der Waals surface area (Å²) in [6, 6.07) is 88.4. The molecule has 0 bridgehead atoms. The minimum atomic E-state index is 1.09. The van der Waals surface area contributed by atoms with Crippen LogP contribution in [0.5, 0.6) is 0 Å². The van der Waals surface area contributed by atoms with Crippen LogP contribution in [-0.2, 0) is 0 Å². The Labute approximate surface area is 360 Å². The number of hydrogen-bond acceptors (Lipinski definition) is 1. The average molecular weight is 789 g/mol. The van der Waals surface area contributed by atoms with Crippen LogP contribution in [0.15, 0.2) is 243 Å². The molecule has 1 aromatic heterocycles. The second-order valence-corrected chi connectivity index (χ2v) is 16.0. The molecule has 62 heavy (non-hydrogen) atoms. The van der Waals surface area contributed by atoms with Gasteiger partial charge in [-0.25, -0.2) is 0 Å². The Hall–Kier alpha value is -8.20. The second-order valence-electron chi connectivity index (χ2n) is 16.0. The van der Waals surface area contributed by atoms with E-state index in [9.17, 15) is 0 Å². The van der Waals surface area contributed by atoms with Crippen molar-refractivity contribution in [1.82, 2.24) is 4.57 Å². The topological polar surface area (TPSA) is 8.17 Å². The van der Waals surface area contributed by atoms with Crippen molar-refractivity contribution in [2.24, 2.45) is 0 Å². The van der Waals surface area contributed by atoms with Gasteiger partial charge in [-0.3, -0.25) is 0 Å². The SMILES string of the molecule is c1ccc(-c2ccc(N(c3ccc(-c4ccccc4)c4ccccc34)c3ccc(-n4c5ccccc5c5c6c(-c7ccccc7)cccc6ccc54)c4ccccc34)cc2)cc1. The summed E-state index contributed by atoms with van der Waals surface area (Å²) in [5, 5.41) is 9.80. The van der Waals surface area contributed by atoms with Gasteiger partial charge in [0.25, 0.3) is 0 Å². The van der Waals surface area contributed by atoms with E-state index in [2.05, 4.69) is 252 Å². The number of aromatic nitrogens is 1. The quantitative estimate of drug-likeness (QED) is 0.156. The van der Waals surface area contributed by atoms with Gasteiger partial charge in [0.05, 0.1) is 28.1 Å². The number of fused-ring (bicyclic) bond motifs is 7. The van der Waals surface area contributed by atoms with E-state index in [1.807, 2.05) is 0 Å². The van der Waals surface area contributed by atoms with Crippen molar-refractivity contribution in [2.45, 2.75) is 0 Å². The molecule has 1 heterocycles. The Balaban J connectivity index is 1.11. The summed E-state index contributed by atoms with van der Waals surface area (Å²) in [6.45, 7) is 0. The van der Waals surface area contributed by atoms with Crippen LogP contribution in [-0.4, -0.2) is 4.57 Å². The fourth-order valence-corrected chi connectivity index (χ4v) is 9.80. The molecule has 11 aromatic carbocycles. The predicted octanol–water partition coefficient (Wildman–Crippen LogP) is 16.7. The first-order valence-electron chi connectivity index (χ1n) is 21.4. The van der Waals surface area contributed by atoms with Gasteiger partial charge in [0, 0.05) is 32.6 Å². The van der Waals surface area contributed by atoms with Crippen molar-refractivity contribution < 1.29 is 0 Å². The lowest BCUT2D eigenvalue weighted by Gasteiger charge is -2.29. The molecule has 0 unspecified atom stereocenters. The average Bonchev–Trinajstić information content (AvgIpc) is 3.69. The highest BCUT2D eigenvalue weighted by atomic mass is 15.1. The third kappa shape index (κ3) is 5.80. The molecule has 290 valence electrons. The molecule has 12 rings (SSSR count). The maximum atomic E-state index is 2.49. The zero-order valence-electron chi connectivity index (χ0n) is 34.0. The predicted molar refractivity (Wildman–Crippen MR) is 264 cm³/mol. The molecular weight excluding hydrogens is 749 g/mol. The number of rotatable bonds is 7. The lowest BCUT2D eigenvalue weighted by molar-refractivity contribution is 1.19. The van der Waals surface area contributed by atoms with Crippen LogP contribution in [0.1, 0.15) is 0 Å². The fraction of sp³-hybridized carbons (Fsp3) is 0. The van der Waals surface area contributed by atoms with E-state index in [0.717, 1.165) is 22.7 Å².